The zero-order valence-electron chi connectivity index (χ0n) is 7.88. The summed E-state index contributed by atoms with van der Waals surface area (Å²) in [4.78, 5) is 0. The molecular weight excluding hydrogens is 148 g/mol. The van der Waals surface area contributed by atoms with Crippen LogP contribution in [0, 0.1) is 0 Å². The highest BCUT2D eigenvalue weighted by Crippen LogP contribution is 2.04. The fraction of sp³-hybridized carbons (Fsp3) is 0.400. The Hall–Kier alpha value is -1.02. The molecule has 0 radical (unpaired) electrons. The lowest BCUT2D eigenvalue weighted by Crippen LogP contribution is -2.02. The highest BCUT2D eigenvalue weighted by atomic mass is 14.5. The van der Waals surface area contributed by atoms with Gasteiger partial charge in [0.1, 0.15) is 0 Å². The lowest BCUT2D eigenvalue weighted by molar-refractivity contribution is 0.969. The van der Waals surface area contributed by atoms with E-state index in [9.17, 15) is 0 Å². The average Bonchev–Trinajstić information content (AvgIpc) is 2.13. The fourth-order valence-corrected chi connectivity index (χ4v) is 0.851. The molecule has 0 saturated carbocycles. The monoisotopic (exact) mass is 166 g/mol. The summed E-state index contributed by atoms with van der Waals surface area (Å²) >= 11 is 0. The van der Waals surface area contributed by atoms with Crippen molar-refractivity contribution in [1.82, 2.24) is 0 Å². The maximum Gasteiger partial charge on any atom is 0.0314 e. The molecule has 0 amide bonds. The summed E-state index contributed by atoms with van der Waals surface area (Å²) in [6.07, 6.45) is 0.931. The third kappa shape index (κ3) is 3.98. The lowest BCUT2D eigenvalue weighted by Gasteiger charge is -1.97. The van der Waals surface area contributed by atoms with Crippen LogP contribution in [0.25, 0.3) is 0 Å². The molecule has 1 aromatic rings. The Labute approximate surface area is 74.6 Å². The molecule has 0 unspecified atom stereocenters. The van der Waals surface area contributed by atoms with Crippen LogP contribution in [0.3, 0.4) is 0 Å². The van der Waals surface area contributed by atoms with Crippen LogP contribution in [-0.2, 0) is 6.42 Å². The van der Waals surface area contributed by atoms with Crippen molar-refractivity contribution in [2.24, 2.45) is 5.73 Å². The van der Waals surface area contributed by atoms with Gasteiger partial charge < -0.3 is 11.5 Å². The van der Waals surface area contributed by atoms with E-state index in [0.717, 1.165) is 12.1 Å². The van der Waals surface area contributed by atoms with E-state index in [-0.39, 0.29) is 0 Å². The van der Waals surface area contributed by atoms with E-state index in [1.165, 1.54) is 5.56 Å². The average molecular weight is 166 g/mol. The smallest absolute Gasteiger partial charge is 0.0314 e. The first-order valence-electron chi connectivity index (χ1n) is 4.37. The SMILES string of the molecule is CC.NCCc1ccc(N)cc1. The van der Waals surface area contributed by atoms with Gasteiger partial charge in [-0.15, -0.1) is 0 Å². The Bertz CT molecular complexity index is 191. The van der Waals surface area contributed by atoms with Crippen LogP contribution >= 0.6 is 0 Å². The van der Waals surface area contributed by atoms with Crippen molar-refractivity contribution in [1.29, 1.82) is 0 Å². The number of hydrogen-bond donors (Lipinski definition) is 2. The van der Waals surface area contributed by atoms with E-state index in [4.69, 9.17) is 11.5 Å². The molecule has 1 rings (SSSR count). The van der Waals surface area contributed by atoms with Crippen LogP contribution in [0.2, 0.25) is 0 Å². The Morgan fingerprint density at radius 2 is 1.58 bits per heavy atom. The van der Waals surface area contributed by atoms with Crippen LogP contribution < -0.4 is 11.5 Å². The van der Waals surface area contributed by atoms with E-state index in [1.807, 2.05) is 38.1 Å². The maximum absolute atomic E-state index is 5.49. The Morgan fingerprint density at radius 3 is 2.00 bits per heavy atom. The number of nitrogens with two attached hydrogens (primary N) is 2. The van der Waals surface area contributed by atoms with Gasteiger partial charge >= 0.3 is 0 Å². The van der Waals surface area contributed by atoms with Gasteiger partial charge in [0.15, 0.2) is 0 Å². The zero-order chi connectivity index (χ0) is 9.40. The summed E-state index contributed by atoms with van der Waals surface area (Å²) in [5.41, 5.74) is 12.9. The molecule has 68 valence electrons. The van der Waals surface area contributed by atoms with Gasteiger partial charge in [0, 0.05) is 5.69 Å². The predicted molar refractivity (Wildman–Crippen MR) is 55.0 cm³/mol. The van der Waals surface area contributed by atoms with Crippen LogP contribution in [0.1, 0.15) is 19.4 Å². The first kappa shape index (κ1) is 11.0. The van der Waals surface area contributed by atoms with E-state index in [2.05, 4.69) is 0 Å². The van der Waals surface area contributed by atoms with E-state index >= 15 is 0 Å². The minimum Gasteiger partial charge on any atom is -0.399 e. The van der Waals surface area contributed by atoms with Crippen molar-refractivity contribution in [3.8, 4) is 0 Å². The van der Waals surface area contributed by atoms with Crippen LogP contribution in [0.15, 0.2) is 24.3 Å². The van der Waals surface area contributed by atoms with Crippen LogP contribution in [0.4, 0.5) is 5.69 Å². The summed E-state index contributed by atoms with van der Waals surface area (Å²) in [6.45, 7) is 4.70. The van der Waals surface area contributed by atoms with Gasteiger partial charge in [-0.1, -0.05) is 26.0 Å². The molecule has 1 aromatic carbocycles. The molecule has 2 nitrogen and oxygen atoms in total. The van der Waals surface area contributed by atoms with Crippen LogP contribution in [0.5, 0.6) is 0 Å². The molecule has 0 aromatic heterocycles. The van der Waals surface area contributed by atoms with Crippen molar-refractivity contribution in [3.05, 3.63) is 29.8 Å². The lowest BCUT2D eigenvalue weighted by atomic mass is 10.1. The van der Waals surface area contributed by atoms with Gasteiger partial charge in [-0.25, -0.2) is 0 Å². The quantitative estimate of drug-likeness (QED) is 0.658. The first-order valence-corrected chi connectivity index (χ1v) is 4.37. The molecule has 0 aliphatic heterocycles. The summed E-state index contributed by atoms with van der Waals surface area (Å²) in [5.74, 6) is 0. The van der Waals surface area contributed by atoms with E-state index < -0.39 is 0 Å². The van der Waals surface area contributed by atoms with Gasteiger partial charge in [0.05, 0.1) is 0 Å². The second-order valence-electron chi connectivity index (χ2n) is 2.28. The molecule has 0 heterocycles. The molecule has 0 fully saturated rings. The van der Waals surface area contributed by atoms with E-state index in [0.29, 0.717) is 6.54 Å². The number of hydrogen-bond acceptors (Lipinski definition) is 2. The Kier molecular flexibility index (Phi) is 6.11. The highest BCUT2D eigenvalue weighted by Gasteiger charge is 1.88. The van der Waals surface area contributed by atoms with Crippen LogP contribution in [-0.4, -0.2) is 6.54 Å². The molecule has 0 atom stereocenters. The van der Waals surface area contributed by atoms with Crippen molar-refractivity contribution in [2.75, 3.05) is 12.3 Å². The van der Waals surface area contributed by atoms with Gasteiger partial charge in [0.25, 0.3) is 0 Å². The molecular formula is C10H18N2. The Morgan fingerprint density at radius 1 is 1.08 bits per heavy atom. The van der Waals surface area contributed by atoms with Gasteiger partial charge in [0.2, 0.25) is 0 Å². The number of rotatable bonds is 2. The summed E-state index contributed by atoms with van der Waals surface area (Å²) < 4.78 is 0. The van der Waals surface area contributed by atoms with Gasteiger partial charge in [-0.2, -0.15) is 0 Å². The number of nitrogen functional groups attached to an aromatic ring is 1. The molecule has 4 N–H and O–H groups in total. The molecule has 0 aliphatic rings. The van der Waals surface area contributed by atoms with E-state index in [1.54, 1.807) is 0 Å². The van der Waals surface area contributed by atoms with Crippen molar-refractivity contribution >= 4 is 5.69 Å². The molecule has 0 saturated heterocycles. The molecule has 0 bridgehead atoms. The standard InChI is InChI=1S/C8H12N2.C2H6/c9-6-5-7-1-3-8(10)4-2-7;1-2/h1-4H,5-6,9-10H2;1-2H3. The molecule has 12 heavy (non-hydrogen) atoms. The maximum atomic E-state index is 5.49. The minimum absolute atomic E-state index is 0.698. The fourth-order valence-electron chi connectivity index (χ4n) is 0.851. The summed E-state index contributed by atoms with van der Waals surface area (Å²) in [5, 5.41) is 0. The van der Waals surface area contributed by atoms with Crippen molar-refractivity contribution in [2.45, 2.75) is 20.3 Å². The number of benzene rings is 1. The molecule has 0 spiro atoms. The largest absolute Gasteiger partial charge is 0.399 e. The Balaban J connectivity index is 0.000000561. The minimum atomic E-state index is 0.698. The van der Waals surface area contributed by atoms with Crippen molar-refractivity contribution in [3.63, 3.8) is 0 Å². The normalized spacial score (nSPS) is 8.58. The third-order valence-corrected chi connectivity index (χ3v) is 1.41. The third-order valence-electron chi connectivity index (χ3n) is 1.41. The molecule has 0 aliphatic carbocycles. The number of anilines is 1. The topological polar surface area (TPSA) is 52.0 Å². The highest BCUT2D eigenvalue weighted by molar-refractivity contribution is 5.39. The first-order chi connectivity index (χ1) is 5.83. The summed E-state index contributed by atoms with van der Waals surface area (Å²) in [6, 6.07) is 7.79. The second-order valence-corrected chi connectivity index (χ2v) is 2.28. The molecule has 2 heteroatoms. The predicted octanol–water partition coefficient (Wildman–Crippen LogP) is 1.80. The van der Waals surface area contributed by atoms with Gasteiger partial charge in [-0.3, -0.25) is 0 Å². The second kappa shape index (κ2) is 6.68. The summed E-state index contributed by atoms with van der Waals surface area (Å²) in [7, 11) is 0. The van der Waals surface area contributed by atoms with Crippen molar-refractivity contribution < 1.29 is 0 Å². The van der Waals surface area contributed by atoms with Gasteiger partial charge in [-0.05, 0) is 30.7 Å². The zero-order valence-corrected chi connectivity index (χ0v) is 7.88.